The lowest BCUT2D eigenvalue weighted by Gasteiger charge is -2.28. The van der Waals surface area contributed by atoms with Crippen molar-refractivity contribution < 1.29 is 22.5 Å². The van der Waals surface area contributed by atoms with E-state index in [0.29, 0.717) is 35.5 Å². The van der Waals surface area contributed by atoms with Gasteiger partial charge in [-0.2, -0.15) is 0 Å². The third-order valence-electron chi connectivity index (χ3n) is 10.6. The van der Waals surface area contributed by atoms with Crippen LogP contribution in [0.5, 0.6) is 0 Å². The highest BCUT2D eigenvalue weighted by atomic mass is 32.2. The number of amides is 2. The molecular weight excluding hydrogens is 639 g/mol. The topological polar surface area (TPSA) is 125 Å². The number of aliphatic imine (C=N–C) groups is 1. The minimum atomic E-state index is -4.07. The van der Waals surface area contributed by atoms with E-state index in [1.165, 1.54) is 0 Å². The van der Waals surface area contributed by atoms with Gasteiger partial charge in [-0.15, -0.1) is 0 Å². The molecule has 2 heterocycles. The quantitative estimate of drug-likeness (QED) is 0.210. The molecule has 10 nitrogen and oxygen atoms in total. The van der Waals surface area contributed by atoms with Gasteiger partial charge in [-0.05, 0) is 68.7 Å². The third-order valence-corrected chi connectivity index (χ3v) is 12.0. The van der Waals surface area contributed by atoms with Gasteiger partial charge in [-0.25, -0.2) is 8.42 Å². The van der Waals surface area contributed by atoms with Crippen LogP contribution in [0.3, 0.4) is 0 Å². The predicted octanol–water partition coefficient (Wildman–Crippen LogP) is 7.54. The van der Waals surface area contributed by atoms with E-state index in [1.807, 2.05) is 36.2 Å². The molecule has 2 aromatic carbocycles. The third kappa shape index (κ3) is 7.18. The number of hydrogen-bond acceptors (Lipinski definition) is 7. The average Bonchev–Trinajstić information content (AvgIpc) is 3.78. The molecule has 2 saturated carbocycles. The predicted molar refractivity (Wildman–Crippen MR) is 190 cm³/mol. The molecular formula is C38H49N5O5S. The first-order valence-electron chi connectivity index (χ1n) is 17.9. The maximum absolute atomic E-state index is 13.9. The first kappa shape index (κ1) is 34.9. The standard InChI is InChI=1S/C38H49N5O5S/c1-5-6-18-34-39-38(21-12-13-22-38)37(45)43(34)24-28-19-20-31(30(23-28)25-42(4)36(44)29-14-8-7-9-15-29)32-16-10-11-17-33(32)49(46,47)41-35-26(2)27(3)48-40-35/h10-11,16-17,19-20,23,29H,5-9,12-15,18,21-22,24-25H2,1-4H3,(H,40,41). The van der Waals surface area contributed by atoms with E-state index in [9.17, 15) is 18.0 Å². The minimum absolute atomic E-state index is 0.00133. The number of hydrogen-bond donors (Lipinski definition) is 1. The number of aryl methyl sites for hydroxylation is 1. The van der Waals surface area contributed by atoms with E-state index in [1.54, 1.807) is 36.9 Å². The summed E-state index contributed by atoms with van der Waals surface area (Å²) in [6.07, 6.45) is 11.4. The zero-order valence-electron chi connectivity index (χ0n) is 29.3. The highest BCUT2D eigenvalue weighted by Crippen LogP contribution is 2.41. The first-order valence-corrected chi connectivity index (χ1v) is 19.3. The monoisotopic (exact) mass is 687 g/mol. The Kier molecular flexibility index (Phi) is 10.3. The van der Waals surface area contributed by atoms with Gasteiger partial charge in [0.25, 0.3) is 15.9 Å². The maximum atomic E-state index is 13.9. The number of carbonyl (C=O) groups is 2. The number of amidine groups is 1. The lowest BCUT2D eigenvalue weighted by Crippen LogP contribution is -2.40. The van der Waals surface area contributed by atoms with Gasteiger partial charge in [0.05, 0.1) is 11.4 Å². The molecule has 1 spiro atoms. The molecule has 1 aliphatic heterocycles. The number of nitrogens with zero attached hydrogens (tertiary/aromatic N) is 4. The molecule has 0 saturated heterocycles. The van der Waals surface area contributed by atoms with Crippen molar-refractivity contribution in [2.75, 3.05) is 11.8 Å². The van der Waals surface area contributed by atoms with Gasteiger partial charge < -0.3 is 9.42 Å². The van der Waals surface area contributed by atoms with Crippen molar-refractivity contribution in [1.29, 1.82) is 0 Å². The number of anilines is 1. The molecule has 2 fully saturated rings. The van der Waals surface area contributed by atoms with Gasteiger partial charge in [0.2, 0.25) is 5.91 Å². The van der Waals surface area contributed by atoms with Crippen LogP contribution in [0.4, 0.5) is 5.82 Å². The van der Waals surface area contributed by atoms with E-state index in [0.717, 1.165) is 94.0 Å². The first-order chi connectivity index (χ1) is 23.5. The van der Waals surface area contributed by atoms with Gasteiger partial charge in [-0.3, -0.25) is 24.2 Å². The summed E-state index contributed by atoms with van der Waals surface area (Å²) in [5.41, 5.74) is 2.94. The second-order valence-corrected chi connectivity index (χ2v) is 15.7. The van der Waals surface area contributed by atoms with Crippen LogP contribution < -0.4 is 4.72 Å². The second-order valence-electron chi connectivity index (χ2n) is 14.1. The fourth-order valence-corrected chi connectivity index (χ4v) is 8.91. The summed E-state index contributed by atoms with van der Waals surface area (Å²) in [7, 11) is -2.24. The van der Waals surface area contributed by atoms with E-state index in [2.05, 4.69) is 16.8 Å². The van der Waals surface area contributed by atoms with Crippen LogP contribution in [0.25, 0.3) is 11.1 Å². The van der Waals surface area contributed by atoms with E-state index in [-0.39, 0.29) is 28.4 Å². The Balaban J connectivity index is 1.37. The normalized spacial score (nSPS) is 17.9. The molecule has 1 aromatic heterocycles. The van der Waals surface area contributed by atoms with Crippen molar-refractivity contribution in [1.82, 2.24) is 15.0 Å². The fraction of sp³-hybridized carbons (Fsp3) is 0.526. The molecule has 6 rings (SSSR count). The van der Waals surface area contributed by atoms with Crippen LogP contribution in [0.15, 0.2) is 56.9 Å². The number of sulfonamides is 1. The number of carbonyl (C=O) groups excluding carboxylic acids is 2. The Labute approximate surface area is 290 Å². The maximum Gasteiger partial charge on any atom is 0.263 e. The SMILES string of the molecule is CCCCC1=NC2(CCCC2)C(=O)N1Cc1ccc(-c2ccccc2S(=O)(=O)Nc2noc(C)c2C)c(CN(C)C(=O)C2CCCCC2)c1. The average molecular weight is 688 g/mol. The summed E-state index contributed by atoms with van der Waals surface area (Å²) in [4.78, 5) is 36.4. The fourth-order valence-electron chi connectivity index (χ4n) is 7.63. The lowest BCUT2D eigenvalue weighted by atomic mass is 9.88. The molecule has 0 unspecified atom stereocenters. The Hall–Kier alpha value is -3.99. The summed E-state index contributed by atoms with van der Waals surface area (Å²) < 4.78 is 35.6. The lowest BCUT2D eigenvalue weighted by molar-refractivity contribution is -0.135. The van der Waals surface area contributed by atoms with Crippen molar-refractivity contribution in [3.8, 4) is 11.1 Å². The Bertz CT molecular complexity index is 1840. The molecule has 0 atom stereocenters. The van der Waals surface area contributed by atoms with Gasteiger partial charge in [0, 0.05) is 37.1 Å². The van der Waals surface area contributed by atoms with Crippen LogP contribution in [0.1, 0.15) is 106 Å². The minimum Gasteiger partial charge on any atom is -0.359 e. The van der Waals surface area contributed by atoms with Crippen molar-refractivity contribution in [2.24, 2.45) is 10.9 Å². The molecule has 262 valence electrons. The molecule has 0 radical (unpaired) electrons. The van der Waals surface area contributed by atoms with Gasteiger partial charge in [0.1, 0.15) is 17.1 Å². The molecule has 3 aromatic rings. The highest BCUT2D eigenvalue weighted by molar-refractivity contribution is 7.92. The number of benzene rings is 2. The van der Waals surface area contributed by atoms with Crippen molar-refractivity contribution in [2.45, 2.75) is 121 Å². The van der Waals surface area contributed by atoms with Crippen LogP contribution >= 0.6 is 0 Å². The summed E-state index contributed by atoms with van der Waals surface area (Å²) in [5.74, 6) is 1.75. The molecule has 0 bridgehead atoms. The second kappa shape index (κ2) is 14.5. The Morgan fingerprint density at radius 1 is 1.04 bits per heavy atom. The summed E-state index contributed by atoms with van der Waals surface area (Å²) in [6, 6.07) is 12.8. The van der Waals surface area contributed by atoms with Crippen LogP contribution in [0.2, 0.25) is 0 Å². The van der Waals surface area contributed by atoms with Gasteiger partial charge in [-0.1, -0.05) is 87.0 Å². The van der Waals surface area contributed by atoms with Crippen LogP contribution in [-0.2, 0) is 32.7 Å². The van der Waals surface area contributed by atoms with Crippen LogP contribution in [0, 0.1) is 19.8 Å². The zero-order valence-corrected chi connectivity index (χ0v) is 30.1. The molecule has 49 heavy (non-hydrogen) atoms. The zero-order chi connectivity index (χ0) is 34.8. The summed E-state index contributed by atoms with van der Waals surface area (Å²) in [5, 5.41) is 3.92. The highest BCUT2D eigenvalue weighted by Gasteiger charge is 2.49. The summed E-state index contributed by atoms with van der Waals surface area (Å²) in [6.45, 7) is 6.31. The number of aromatic nitrogens is 1. The number of rotatable bonds is 12. The van der Waals surface area contributed by atoms with E-state index in [4.69, 9.17) is 9.52 Å². The number of nitrogens with one attached hydrogen (secondary N) is 1. The Morgan fingerprint density at radius 2 is 1.78 bits per heavy atom. The van der Waals surface area contributed by atoms with Crippen molar-refractivity contribution >= 4 is 33.5 Å². The van der Waals surface area contributed by atoms with E-state index < -0.39 is 15.6 Å². The number of unbranched alkanes of at least 4 members (excludes halogenated alkanes) is 1. The smallest absolute Gasteiger partial charge is 0.263 e. The van der Waals surface area contributed by atoms with Crippen LogP contribution in [-0.4, -0.2) is 53.6 Å². The molecule has 3 aliphatic rings. The van der Waals surface area contributed by atoms with Crippen molar-refractivity contribution in [3.63, 3.8) is 0 Å². The Morgan fingerprint density at radius 3 is 2.47 bits per heavy atom. The van der Waals surface area contributed by atoms with E-state index >= 15 is 0 Å². The molecule has 11 heteroatoms. The largest absolute Gasteiger partial charge is 0.359 e. The molecule has 2 amide bonds. The molecule has 1 N–H and O–H groups in total. The van der Waals surface area contributed by atoms with Crippen molar-refractivity contribution in [3.05, 3.63) is 64.9 Å². The summed E-state index contributed by atoms with van der Waals surface area (Å²) >= 11 is 0. The van der Waals surface area contributed by atoms with Gasteiger partial charge >= 0.3 is 0 Å². The molecule has 2 aliphatic carbocycles. The van der Waals surface area contributed by atoms with Gasteiger partial charge in [0.15, 0.2) is 5.82 Å².